The van der Waals surface area contributed by atoms with Gasteiger partial charge in [0.05, 0.1) is 12.3 Å². The molecule has 2 fully saturated rings. The Balaban J connectivity index is 1.71. The van der Waals surface area contributed by atoms with E-state index >= 15 is 0 Å². The first-order valence-corrected chi connectivity index (χ1v) is 8.30. The Bertz CT molecular complexity index is 746. The van der Waals surface area contributed by atoms with E-state index in [0.717, 1.165) is 0 Å². The van der Waals surface area contributed by atoms with E-state index in [-0.39, 0.29) is 17.5 Å². The third kappa shape index (κ3) is 2.29. The summed E-state index contributed by atoms with van der Waals surface area (Å²) in [6.07, 6.45) is -3.67. The molecule has 1 unspecified atom stereocenters. The second kappa shape index (κ2) is 4.89. The number of nitrogens with one attached hydrogen (secondary N) is 2. The lowest BCUT2D eigenvalue weighted by Gasteiger charge is -2.52. The van der Waals surface area contributed by atoms with Crippen LogP contribution in [-0.4, -0.2) is 61.9 Å². The molecule has 2 saturated heterocycles. The van der Waals surface area contributed by atoms with Crippen molar-refractivity contribution >= 4 is 25.3 Å². The molecule has 3 aliphatic heterocycles. The van der Waals surface area contributed by atoms with Crippen molar-refractivity contribution < 1.29 is 38.6 Å². The molecule has 1 aromatic rings. The fourth-order valence-corrected chi connectivity index (χ4v) is 3.88. The first kappa shape index (κ1) is 15.8. The summed E-state index contributed by atoms with van der Waals surface area (Å²) in [4.78, 5) is 16.7. The minimum atomic E-state index is -4.44. The van der Waals surface area contributed by atoms with Gasteiger partial charge in [0.15, 0.2) is 18.1 Å². The van der Waals surface area contributed by atoms with Crippen LogP contribution in [0.15, 0.2) is 0 Å². The fourth-order valence-electron chi connectivity index (χ4n) is 2.91. The highest BCUT2D eigenvalue weighted by molar-refractivity contribution is 7.47. The van der Waals surface area contributed by atoms with E-state index in [4.69, 9.17) is 15.0 Å². The van der Waals surface area contributed by atoms with Crippen LogP contribution in [0.25, 0.3) is 0 Å². The summed E-state index contributed by atoms with van der Waals surface area (Å²) in [7, 11) is -4.44. The van der Waals surface area contributed by atoms with Crippen molar-refractivity contribution in [3.8, 4) is 5.88 Å². The number of phosphoric acid groups is 1. The maximum atomic E-state index is 11.9. The Kier molecular flexibility index (Phi) is 3.22. The van der Waals surface area contributed by atoms with Crippen molar-refractivity contribution in [1.82, 2.24) is 9.97 Å². The fraction of sp³-hybridized carbons (Fsp3) is 0.600. The smallest absolute Gasteiger partial charge is 0.472 e. The Labute approximate surface area is 134 Å². The van der Waals surface area contributed by atoms with Crippen LogP contribution in [0.3, 0.4) is 0 Å². The predicted molar refractivity (Wildman–Crippen MR) is 73.4 cm³/mol. The molecule has 0 spiro atoms. The lowest BCUT2D eigenvalue weighted by Crippen LogP contribution is -2.73. The molecule has 0 aliphatic carbocycles. The largest absolute Gasteiger partial charge is 0.857 e. The molecule has 0 bridgehead atoms. The Morgan fingerprint density at radius 2 is 2.12 bits per heavy atom. The molecule has 24 heavy (non-hydrogen) atoms. The van der Waals surface area contributed by atoms with E-state index < -0.39 is 50.6 Å². The normalized spacial score (nSPS) is 39.6. The maximum absolute atomic E-state index is 11.9. The van der Waals surface area contributed by atoms with Crippen molar-refractivity contribution in [1.29, 1.82) is 0 Å². The quantitative estimate of drug-likeness (QED) is 0.205. The summed E-state index contributed by atoms with van der Waals surface area (Å²) in [6.45, 7) is -0.391. The molecule has 132 valence electrons. The summed E-state index contributed by atoms with van der Waals surface area (Å²) in [6, 6.07) is -1.32. The molecule has 1 aromatic heterocycles. The van der Waals surface area contributed by atoms with E-state index in [1.54, 1.807) is 0 Å². The molecule has 3 aliphatic rings. The van der Waals surface area contributed by atoms with Gasteiger partial charge in [-0.15, -0.1) is 0 Å². The minimum absolute atomic E-state index is 0.0356. The van der Waals surface area contributed by atoms with Gasteiger partial charge in [-0.3, -0.25) is 9.05 Å². The van der Waals surface area contributed by atoms with Gasteiger partial charge in [0.1, 0.15) is 12.1 Å². The SMILES string of the molecule is Nc1nc([O-])c2c(n1)N[C@@H]1O[C@@H]3COP(=O)(O)O[C@@H]3C(O)(O)[C@@H]1N2. The second-order valence-electron chi connectivity index (χ2n) is 5.55. The second-order valence-corrected chi connectivity index (χ2v) is 6.95. The van der Waals surface area contributed by atoms with E-state index in [1.165, 1.54) is 0 Å². The third-order valence-corrected chi connectivity index (χ3v) is 4.93. The van der Waals surface area contributed by atoms with E-state index in [9.17, 15) is 24.8 Å². The number of anilines is 3. The lowest BCUT2D eigenvalue weighted by molar-refractivity contribution is -0.313. The molecule has 5 atom stereocenters. The lowest BCUT2D eigenvalue weighted by atomic mass is 9.91. The van der Waals surface area contributed by atoms with Gasteiger partial charge < -0.3 is 41.3 Å². The monoisotopic (exact) mass is 362 g/mol. The highest BCUT2D eigenvalue weighted by atomic mass is 31.2. The van der Waals surface area contributed by atoms with E-state index in [2.05, 4.69) is 25.1 Å². The maximum Gasteiger partial charge on any atom is 0.472 e. The van der Waals surface area contributed by atoms with Gasteiger partial charge in [0.25, 0.3) is 0 Å². The summed E-state index contributed by atoms with van der Waals surface area (Å²) in [5.41, 5.74) is 5.27. The molecule has 0 amide bonds. The zero-order valence-corrected chi connectivity index (χ0v) is 12.7. The molecule has 0 aromatic carbocycles. The van der Waals surface area contributed by atoms with Crippen LogP contribution in [0.5, 0.6) is 5.88 Å². The summed E-state index contributed by atoms with van der Waals surface area (Å²) in [5, 5.41) is 38.1. The van der Waals surface area contributed by atoms with Gasteiger partial charge in [-0.05, 0) is 0 Å². The van der Waals surface area contributed by atoms with Gasteiger partial charge in [-0.25, -0.2) is 9.55 Å². The van der Waals surface area contributed by atoms with E-state index in [1.807, 2.05) is 0 Å². The number of phosphoric ester groups is 1. The van der Waals surface area contributed by atoms with Gasteiger partial charge in [0, 0.05) is 5.88 Å². The Morgan fingerprint density at radius 1 is 1.38 bits per heavy atom. The van der Waals surface area contributed by atoms with Crippen LogP contribution in [0.1, 0.15) is 0 Å². The zero-order valence-electron chi connectivity index (χ0n) is 11.8. The van der Waals surface area contributed by atoms with Crippen LogP contribution in [0.4, 0.5) is 17.5 Å². The van der Waals surface area contributed by atoms with Crippen molar-refractivity contribution in [2.45, 2.75) is 30.3 Å². The topological polar surface area (TPSA) is 204 Å². The van der Waals surface area contributed by atoms with Gasteiger partial charge in [0.2, 0.25) is 11.7 Å². The first-order valence-electron chi connectivity index (χ1n) is 6.81. The minimum Gasteiger partial charge on any atom is -0.857 e. The van der Waals surface area contributed by atoms with Crippen molar-refractivity contribution in [3.63, 3.8) is 0 Å². The summed E-state index contributed by atoms with van der Waals surface area (Å²) in [5.74, 6) is -3.64. The highest BCUT2D eigenvalue weighted by Crippen LogP contribution is 2.53. The molecule has 13 nitrogen and oxygen atoms in total. The number of nitrogens with zero attached hydrogens (tertiary/aromatic N) is 2. The van der Waals surface area contributed by atoms with E-state index in [0.29, 0.717) is 0 Å². The molecule has 14 heteroatoms. The van der Waals surface area contributed by atoms with Crippen LogP contribution >= 0.6 is 7.82 Å². The van der Waals surface area contributed by atoms with Crippen molar-refractivity contribution in [2.75, 3.05) is 23.0 Å². The number of hydrogen-bond donors (Lipinski definition) is 6. The summed E-state index contributed by atoms with van der Waals surface area (Å²) >= 11 is 0. The van der Waals surface area contributed by atoms with Crippen molar-refractivity contribution in [3.05, 3.63) is 0 Å². The number of ether oxygens (including phenoxy) is 1. The number of fused-ring (bicyclic) bond motifs is 3. The standard InChI is InChI=1S/C10H14N5O8P/c11-9-14-6-3(7(16)15-9)12-4-8(13-6)22-2-1-21-24(19,20)23-5(2)10(4,17)18/h2,4-5,8,12,17-18H,1H2,(H,19,20)(H4,11,13,14,15,16)/p-1/t2-,4-,5+,8-/m1/s1. The molecular formula is C10H13N5O8P-. The Hall–Kier alpha value is -1.73. The van der Waals surface area contributed by atoms with Crippen LogP contribution < -0.4 is 21.5 Å². The zero-order chi connectivity index (χ0) is 17.3. The summed E-state index contributed by atoms with van der Waals surface area (Å²) < 4.78 is 26.5. The van der Waals surface area contributed by atoms with Crippen LogP contribution in [0.2, 0.25) is 0 Å². The molecule has 0 radical (unpaired) electrons. The predicted octanol–water partition coefficient (Wildman–Crippen LogP) is -2.74. The molecular weight excluding hydrogens is 349 g/mol. The molecule has 4 rings (SSSR count). The molecule has 7 N–H and O–H groups in total. The first-order chi connectivity index (χ1) is 11.2. The number of hydrogen-bond acceptors (Lipinski definition) is 12. The number of aromatic nitrogens is 2. The van der Waals surface area contributed by atoms with Gasteiger partial charge >= 0.3 is 7.82 Å². The Morgan fingerprint density at radius 3 is 2.88 bits per heavy atom. The number of rotatable bonds is 0. The van der Waals surface area contributed by atoms with Gasteiger partial charge in [-0.1, -0.05) is 0 Å². The average molecular weight is 362 g/mol. The molecule has 0 saturated carbocycles. The highest BCUT2D eigenvalue weighted by Gasteiger charge is 2.61. The third-order valence-electron chi connectivity index (χ3n) is 3.96. The van der Waals surface area contributed by atoms with Crippen LogP contribution in [0, 0.1) is 0 Å². The number of nitrogens with two attached hydrogens (primary N) is 1. The number of nitrogen functional groups attached to an aromatic ring is 1. The van der Waals surface area contributed by atoms with Crippen LogP contribution in [-0.2, 0) is 18.3 Å². The number of aliphatic hydroxyl groups is 2. The van der Waals surface area contributed by atoms with Crippen molar-refractivity contribution in [2.24, 2.45) is 0 Å². The average Bonchev–Trinajstić information content (AvgIpc) is 2.47. The molecule has 4 heterocycles. The van der Waals surface area contributed by atoms with Gasteiger partial charge in [-0.2, -0.15) is 4.98 Å².